The van der Waals surface area contributed by atoms with Crippen molar-refractivity contribution in [2.45, 2.75) is 51.9 Å². The van der Waals surface area contributed by atoms with Gasteiger partial charge in [0.25, 0.3) is 5.56 Å². The van der Waals surface area contributed by atoms with Crippen LogP contribution >= 0.6 is 0 Å². The van der Waals surface area contributed by atoms with Gasteiger partial charge < -0.3 is 14.8 Å². The first-order chi connectivity index (χ1) is 14.8. The van der Waals surface area contributed by atoms with E-state index in [0.717, 1.165) is 30.7 Å². The van der Waals surface area contributed by atoms with Crippen LogP contribution in [0.15, 0.2) is 39.9 Å². The molecular weight excluding hydrogens is 392 g/mol. The van der Waals surface area contributed by atoms with Gasteiger partial charge in [-0.2, -0.15) is 0 Å². The number of rotatable bonds is 10. The zero-order valence-electron chi connectivity index (χ0n) is 19.3. The first kappa shape index (κ1) is 23.0. The van der Waals surface area contributed by atoms with E-state index in [-0.39, 0.29) is 11.2 Å². The molecule has 0 fully saturated rings. The molecule has 31 heavy (non-hydrogen) atoms. The summed E-state index contributed by atoms with van der Waals surface area (Å²) >= 11 is 0. The number of nitrogens with zero attached hydrogens (tertiary/aromatic N) is 5. The highest BCUT2D eigenvalue weighted by Crippen LogP contribution is 2.14. The normalized spacial score (nSPS) is 12.7. The number of imidazole rings is 1. The van der Waals surface area contributed by atoms with Crippen LogP contribution in [-0.4, -0.2) is 50.8 Å². The first-order valence-corrected chi connectivity index (χ1v) is 10.9. The van der Waals surface area contributed by atoms with Crippen molar-refractivity contribution in [1.29, 1.82) is 0 Å². The Morgan fingerprint density at radius 2 is 1.81 bits per heavy atom. The third-order valence-corrected chi connectivity index (χ3v) is 5.97. The number of nitrogens with one attached hydrogen (secondary N) is 1. The summed E-state index contributed by atoms with van der Waals surface area (Å²) in [5, 5.41) is 3.12. The molecule has 0 spiro atoms. The fourth-order valence-corrected chi connectivity index (χ4v) is 3.81. The average molecular weight is 427 g/mol. The molecule has 0 aliphatic rings. The molecule has 0 saturated heterocycles. The molecule has 8 nitrogen and oxygen atoms in total. The SMILES string of the molecule is CNCc1nc2c(c(=O)n(CCCCC(C)N(C)C)c(=O)n2C)n1Cc1ccccc1. The van der Waals surface area contributed by atoms with Gasteiger partial charge in [-0.1, -0.05) is 36.8 Å². The molecular formula is C23H34N6O2. The Bertz CT molecular complexity index is 1130. The number of aryl methyl sites for hydroxylation is 1. The highest BCUT2D eigenvalue weighted by atomic mass is 16.2. The van der Waals surface area contributed by atoms with Gasteiger partial charge in [-0.25, -0.2) is 9.78 Å². The van der Waals surface area contributed by atoms with Crippen LogP contribution < -0.4 is 16.6 Å². The first-order valence-electron chi connectivity index (χ1n) is 10.9. The van der Waals surface area contributed by atoms with Crippen LogP contribution in [0, 0.1) is 0 Å². The molecule has 8 heteroatoms. The fourth-order valence-electron chi connectivity index (χ4n) is 3.81. The summed E-state index contributed by atoms with van der Waals surface area (Å²) in [7, 11) is 7.67. The summed E-state index contributed by atoms with van der Waals surface area (Å²) in [5.74, 6) is 0.742. The molecule has 0 bridgehead atoms. The van der Waals surface area contributed by atoms with Crippen molar-refractivity contribution >= 4 is 11.2 Å². The standard InChI is InChI=1S/C23H34N6O2/c1-17(26(3)4)11-9-10-14-28-22(30)20-21(27(5)23(28)31)25-19(15-24-2)29(20)16-18-12-7-6-8-13-18/h6-8,12-13,17,24H,9-11,14-16H2,1-5H3. The Labute approximate surface area is 183 Å². The fraction of sp³-hybridized carbons (Fsp3) is 0.522. The van der Waals surface area contributed by atoms with Crippen LogP contribution in [-0.2, 0) is 26.7 Å². The van der Waals surface area contributed by atoms with Crippen LogP contribution in [0.3, 0.4) is 0 Å². The molecule has 1 unspecified atom stereocenters. The average Bonchev–Trinajstić information content (AvgIpc) is 3.10. The van der Waals surface area contributed by atoms with E-state index in [1.807, 2.05) is 41.9 Å². The lowest BCUT2D eigenvalue weighted by molar-refractivity contribution is 0.290. The second kappa shape index (κ2) is 10.1. The molecule has 0 saturated carbocycles. The maximum absolute atomic E-state index is 13.4. The van der Waals surface area contributed by atoms with Crippen LogP contribution in [0.5, 0.6) is 0 Å². The van der Waals surface area contributed by atoms with E-state index in [1.165, 1.54) is 9.13 Å². The largest absolute Gasteiger partial charge is 0.332 e. The van der Waals surface area contributed by atoms with Crippen molar-refractivity contribution in [1.82, 2.24) is 28.9 Å². The van der Waals surface area contributed by atoms with E-state index in [1.54, 1.807) is 7.05 Å². The van der Waals surface area contributed by atoms with Crippen LogP contribution in [0.4, 0.5) is 0 Å². The lowest BCUT2D eigenvalue weighted by Crippen LogP contribution is -2.39. The predicted octanol–water partition coefficient (Wildman–Crippen LogP) is 1.78. The Kier molecular flexibility index (Phi) is 7.46. The van der Waals surface area contributed by atoms with Gasteiger partial charge in [-0.05, 0) is 46.5 Å². The van der Waals surface area contributed by atoms with E-state index in [0.29, 0.717) is 36.8 Å². The Hall–Kier alpha value is -2.71. The molecule has 1 aromatic carbocycles. The molecule has 2 heterocycles. The number of benzene rings is 1. The summed E-state index contributed by atoms with van der Waals surface area (Å²) in [5.41, 5.74) is 1.44. The number of hydrogen-bond donors (Lipinski definition) is 1. The minimum Gasteiger partial charge on any atom is -0.317 e. The van der Waals surface area contributed by atoms with Crippen LogP contribution in [0.1, 0.15) is 37.6 Å². The second-order valence-corrected chi connectivity index (χ2v) is 8.41. The summed E-state index contributed by atoms with van der Waals surface area (Å²) in [6.45, 7) is 3.64. The van der Waals surface area contributed by atoms with Gasteiger partial charge in [0.15, 0.2) is 11.2 Å². The maximum Gasteiger partial charge on any atom is 0.332 e. The topological polar surface area (TPSA) is 77.1 Å². The summed E-state index contributed by atoms with van der Waals surface area (Å²) in [6.07, 6.45) is 2.78. The lowest BCUT2D eigenvalue weighted by Gasteiger charge is -2.19. The van der Waals surface area contributed by atoms with Crippen molar-refractivity contribution < 1.29 is 0 Å². The molecule has 2 aromatic heterocycles. The minimum atomic E-state index is -0.307. The molecule has 3 aromatic rings. The van der Waals surface area contributed by atoms with Gasteiger partial charge in [0.1, 0.15) is 5.82 Å². The molecule has 168 valence electrons. The summed E-state index contributed by atoms with van der Waals surface area (Å²) < 4.78 is 4.81. The number of unbranched alkanes of at least 4 members (excludes halogenated alkanes) is 1. The monoisotopic (exact) mass is 426 g/mol. The van der Waals surface area contributed by atoms with E-state index in [9.17, 15) is 9.59 Å². The molecule has 1 atom stereocenters. The quantitative estimate of drug-likeness (QED) is 0.500. The van der Waals surface area contributed by atoms with E-state index < -0.39 is 0 Å². The lowest BCUT2D eigenvalue weighted by atomic mass is 10.1. The molecule has 1 N–H and O–H groups in total. The van der Waals surface area contributed by atoms with Crippen molar-refractivity contribution in [2.75, 3.05) is 21.1 Å². The van der Waals surface area contributed by atoms with Crippen molar-refractivity contribution in [2.24, 2.45) is 7.05 Å². The zero-order valence-corrected chi connectivity index (χ0v) is 19.3. The second-order valence-electron chi connectivity index (χ2n) is 8.41. The number of aromatic nitrogens is 4. The molecule has 0 aliphatic heterocycles. The zero-order chi connectivity index (χ0) is 22.5. The molecule has 3 rings (SSSR count). The van der Waals surface area contributed by atoms with Gasteiger partial charge in [0.05, 0.1) is 6.54 Å². The third-order valence-electron chi connectivity index (χ3n) is 5.97. The van der Waals surface area contributed by atoms with Gasteiger partial charge in [-0.15, -0.1) is 0 Å². The number of fused-ring (bicyclic) bond motifs is 1. The predicted molar refractivity (Wildman–Crippen MR) is 125 cm³/mol. The third kappa shape index (κ3) is 4.97. The maximum atomic E-state index is 13.4. The summed E-state index contributed by atoms with van der Waals surface area (Å²) in [6, 6.07) is 10.5. The van der Waals surface area contributed by atoms with Crippen molar-refractivity contribution in [3.8, 4) is 0 Å². The van der Waals surface area contributed by atoms with E-state index in [2.05, 4.69) is 36.2 Å². The minimum absolute atomic E-state index is 0.260. The number of hydrogen-bond acceptors (Lipinski definition) is 5. The Balaban J connectivity index is 2.00. The van der Waals surface area contributed by atoms with Gasteiger partial charge in [0.2, 0.25) is 0 Å². The van der Waals surface area contributed by atoms with Crippen LogP contribution in [0.2, 0.25) is 0 Å². The highest BCUT2D eigenvalue weighted by Gasteiger charge is 2.20. The van der Waals surface area contributed by atoms with Gasteiger partial charge in [-0.3, -0.25) is 13.9 Å². The van der Waals surface area contributed by atoms with Gasteiger partial charge >= 0.3 is 5.69 Å². The molecule has 0 radical (unpaired) electrons. The summed E-state index contributed by atoms with van der Waals surface area (Å²) in [4.78, 5) is 33.2. The van der Waals surface area contributed by atoms with Crippen molar-refractivity contribution in [3.05, 3.63) is 62.6 Å². The van der Waals surface area contributed by atoms with Crippen molar-refractivity contribution in [3.63, 3.8) is 0 Å². The highest BCUT2D eigenvalue weighted by molar-refractivity contribution is 5.71. The molecule has 0 amide bonds. The van der Waals surface area contributed by atoms with Crippen LogP contribution in [0.25, 0.3) is 11.2 Å². The Morgan fingerprint density at radius 1 is 1.10 bits per heavy atom. The Morgan fingerprint density at radius 3 is 2.45 bits per heavy atom. The molecule has 0 aliphatic carbocycles. The van der Waals surface area contributed by atoms with Gasteiger partial charge in [0, 0.05) is 26.2 Å². The smallest absolute Gasteiger partial charge is 0.317 e. The van der Waals surface area contributed by atoms with E-state index in [4.69, 9.17) is 0 Å². The van der Waals surface area contributed by atoms with E-state index >= 15 is 0 Å².